The van der Waals surface area contributed by atoms with E-state index in [2.05, 4.69) is 41.8 Å². The second kappa shape index (κ2) is 14.0. The van der Waals surface area contributed by atoms with Crippen molar-refractivity contribution in [3.05, 3.63) is 106 Å². The summed E-state index contributed by atoms with van der Waals surface area (Å²) in [5, 5.41) is 16.9. The molecule has 2 N–H and O–H groups in total. The number of nitrogens with one attached hydrogen (secondary N) is 2. The molecule has 0 spiro atoms. The maximum Gasteiger partial charge on any atom is 0.161 e. The molecule has 0 unspecified atom stereocenters. The van der Waals surface area contributed by atoms with E-state index in [0.29, 0.717) is 61.1 Å². The lowest BCUT2D eigenvalue weighted by atomic mass is 9.96. The first-order chi connectivity index (χ1) is 21.6. The van der Waals surface area contributed by atoms with Crippen LogP contribution in [0, 0.1) is 18.3 Å². The molecule has 0 aromatic heterocycles. The number of halogens is 1. The van der Waals surface area contributed by atoms with E-state index in [9.17, 15) is 5.26 Å². The van der Waals surface area contributed by atoms with Crippen LogP contribution in [0.2, 0.25) is 5.02 Å². The minimum atomic E-state index is 0.324. The van der Waals surface area contributed by atoms with E-state index in [1.165, 1.54) is 12.8 Å². The predicted molar refractivity (Wildman–Crippen MR) is 172 cm³/mol. The van der Waals surface area contributed by atoms with Crippen molar-refractivity contribution in [1.29, 1.82) is 5.26 Å². The smallest absolute Gasteiger partial charge is 0.161 e. The van der Waals surface area contributed by atoms with Crippen LogP contribution in [-0.2, 0) is 19.8 Å². The van der Waals surface area contributed by atoms with Gasteiger partial charge in [-0.15, -0.1) is 0 Å². The Morgan fingerprint density at radius 3 is 2.61 bits per heavy atom. The summed E-state index contributed by atoms with van der Waals surface area (Å²) in [4.78, 5) is 0. The highest BCUT2D eigenvalue weighted by molar-refractivity contribution is 6.32. The quantitative estimate of drug-likeness (QED) is 0.190. The molecule has 0 bridgehead atoms. The number of hydrogen-bond donors (Lipinski definition) is 2. The normalized spacial score (nSPS) is 15.5. The Hall–Kier alpha value is -4.22. The van der Waals surface area contributed by atoms with E-state index < -0.39 is 0 Å². The average molecular weight is 610 g/mol. The molecule has 226 valence electrons. The summed E-state index contributed by atoms with van der Waals surface area (Å²) in [6, 6.07) is 26.2. The predicted octanol–water partition coefficient (Wildman–Crippen LogP) is 6.96. The van der Waals surface area contributed by atoms with Gasteiger partial charge < -0.3 is 29.6 Å². The van der Waals surface area contributed by atoms with Crippen molar-refractivity contribution < 1.29 is 18.9 Å². The number of nitriles is 1. The topological polar surface area (TPSA) is 84.8 Å². The Kier molecular flexibility index (Phi) is 9.52. The van der Waals surface area contributed by atoms with Gasteiger partial charge in [-0.05, 0) is 84.5 Å². The molecule has 7 nitrogen and oxygen atoms in total. The molecule has 6 rings (SSSR count). The molecule has 1 fully saturated rings. The highest BCUT2D eigenvalue weighted by Crippen LogP contribution is 2.37. The Bertz CT molecular complexity index is 1660. The van der Waals surface area contributed by atoms with Gasteiger partial charge in [-0.1, -0.05) is 48.0 Å². The molecule has 2 heterocycles. The monoisotopic (exact) mass is 609 g/mol. The van der Waals surface area contributed by atoms with Crippen LogP contribution in [0.5, 0.6) is 23.0 Å². The van der Waals surface area contributed by atoms with Gasteiger partial charge in [0.15, 0.2) is 11.5 Å². The van der Waals surface area contributed by atoms with E-state index in [1.54, 1.807) is 6.07 Å². The first-order valence-electron chi connectivity index (χ1n) is 15.1. The number of hydrogen-bond acceptors (Lipinski definition) is 7. The third-order valence-corrected chi connectivity index (χ3v) is 8.41. The molecule has 2 aliphatic heterocycles. The molecule has 8 heteroatoms. The first-order valence-corrected chi connectivity index (χ1v) is 15.4. The molecule has 4 aromatic carbocycles. The zero-order chi connectivity index (χ0) is 30.3. The van der Waals surface area contributed by atoms with E-state index in [4.69, 9.17) is 30.5 Å². The molecule has 1 saturated heterocycles. The van der Waals surface area contributed by atoms with Gasteiger partial charge in [-0.2, -0.15) is 5.26 Å². The standard InChI is InChI=1S/C36H36ClN3O4/c1-24-28(7-3-9-31(24)27-10-11-33-36(17-27)42-14-13-41-33)23-44-35-18-34(43-22-26-6-2-5-25(15-26)19-38)29(16-32(35)37)20-39-21-30-8-4-12-40-30/h2-3,5-7,9-11,15-18,30,39-40H,4,8,12-14,20-23H2,1H3/t30-/m0/s1. The fraction of sp³-hybridized carbons (Fsp3) is 0.306. The summed E-state index contributed by atoms with van der Waals surface area (Å²) >= 11 is 6.78. The summed E-state index contributed by atoms with van der Waals surface area (Å²) in [5.74, 6) is 2.79. The van der Waals surface area contributed by atoms with E-state index in [1.807, 2.05) is 48.5 Å². The molecule has 0 aliphatic carbocycles. The maximum atomic E-state index is 9.30. The SMILES string of the molecule is Cc1c(COc2cc(OCc3cccc(C#N)c3)c(CNC[C@@H]3CCCN3)cc2Cl)cccc1-c1ccc2c(c1)OCCO2. The highest BCUT2D eigenvalue weighted by Gasteiger charge is 2.17. The van der Waals surface area contributed by atoms with Gasteiger partial charge >= 0.3 is 0 Å². The van der Waals surface area contributed by atoms with E-state index in [-0.39, 0.29) is 0 Å². The summed E-state index contributed by atoms with van der Waals surface area (Å²) < 4.78 is 24.1. The van der Waals surface area contributed by atoms with Crippen LogP contribution in [0.3, 0.4) is 0 Å². The second-order valence-electron chi connectivity index (χ2n) is 11.2. The lowest BCUT2D eigenvalue weighted by molar-refractivity contribution is 0.171. The Balaban J connectivity index is 1.20. The number of nitrogens with zero attached hydrogens (tertiary/aromatic N) is 1. The molecule has 2 aliphatic rings. The fourth-order valence-electron chi connectivity index (χ4n) is 5.68. The number of ether oxygens (including phenoxy) is 4. The van der Waals surface area contributed by atoms with Crippen molar-refractivity contribution in [3.63, 3.8) is 0 Å². The van der Waals surface area contributed by atoms with Gasteiger partial charge in [0.05, 0.1) is 16.7 Å². The van der Waals surface area contributed by atoms with Crippen molar-refractivity contribution in [2.75, 3.05) is 26.3 Å². The fourth-order valence-corrected chi connectivity index (χ4v) is 5.92. The minimum Gasteiger partial charge on any atom is -0.488 e. The van der Waals surface area contributed by atoms with E-state index in [0.717, 1.165) is 58.0 Å². The molecular formula is C36H36ClN3O4. The third kappa shape index (κ3) is 7.11. The van der Waals surface area contributed by atoms with Crippen LogP contribution in [0.15, 0.2) is 72.8 Å². The van der Waals surface area contributed by atoms with Crippen molar-refractivity contribution >= 4 is 11.6 Å². The number of fused-ring (bicyclic) bond motifs is 1. The third-order valence-electron chi connectivity index (χ3n) is 8.12. The van der Waals surface area contributed by atoms with Crippen LogP contribution in [0.1, 0.15) is 40.7 Å². The minimum absolute atomic E-state index is 0.324. The van der Waals surface area contributed by atoms with Crippen LogP contribution < -0.4 is 29.6 Å². The zero-order valence-corrected chi connectivity index (χ0v) is 25.6. The largest absolute Gasteiger partial charge is 0.488 e. The second-order valence-corrected chi connectivity index (χ2v) is 11.6. The maximum absolute atomic E-state index is 9.30. The molecule has 0 radical (unpaired) electrons. The molecule has 0 saturated carbocycles. The lowest BCUT2D eigenvalue weighted by Crippen LogP contribution is -2.33. The van der Waals surface area contributed by atoms with Gasteiger partial charge in [0.25, 0.3) is 0 Å². The van der Waals surface area contributed by atoms with Gasteiger partial charge in [-0.3, -0.25) is 0 Å². The molecular weight excluding hydrogens is 574 g/mol. The van der Waals surface area contributed by atoms with Crippen molar-refractivity contribution in [2.45, 2.75) is 45.6 Å². The Labute approximate surface area is 263 Å². The summed E-state index contributed by atoms with van der Waals surface area (Å²) in [6.07, 6.45) is 2.38. The highest BCUT2D eigenvalue weighted by atomic mass is 35.5. The summed E-state index contributed by atoms with van der Waals surface area (Å²) in [7, 11) is 0. The summed E-state index contributed by atoms with van der Waals surface area (Å²) in [6.45, 7) is 6.44. The van der Waals surface area contributed by atoms with Gasteiger partial charge in [0.1, 0.15) is 37.9 Å². The lowest BCUT2D eigenvalue weighted by Gasteiger charge is -2.20. The van der Waals surface area contributed by atoms with Gasteiger partial charge in [0, 0.05) is 30.8 Å². The zero-order valence-electron chi connectivity index (χ0n) is 24.8. The molecule has 0 amide bonds. The molecule has 4 aromatic rings. The number of benzene rings is 4. The first kappa shape index (κ1) is 29.8. The van der Waals surface area contributed by atoms with Gasteiger partial charge in [-0.25, -0.2) is 0 Å². The average Bonchev–Trinajstić information content (AvgIpc) is 3.58. The van der Waals surface area contributed by atoms with Crippen molar-refractivity contribution in [2.24, 2.45) is 0 Å². The van der Waals surface area contributed by atoms with Crippen LogP contribution in [0.4, 0.5) is 0 Å². The van der Waals surface area contributed by atoms with E-state index >= 15 is 0 Å². The van der Waals surface area contributed by atoms with Crippen molar-refractivity contribution in [1.82, 2.24) is 10.6 Å². The van der Waals surface area contributed by atoms with Crippen molar-refractivity contribution in [3.8, 4) is 40.2 Å². The van der Waals surface area contributed by atoms with Crippen LogP contribution in [0.25, 0.3) is 11.1 Å². The van der Waals surface area contributed by atoms with Gasteiger partial charge in [0.2, 0.25) is 0 Å². The Morgan fingerprint density at radius 2 is 1.77 bits per heavy atom. The van der Waals surface area contributed by atoms with Crippen LogP contribution >= 0.6 is 11.6 Å². The number of rotatable bonds is 11. The molecule has 1 atom stereocenters. The molecule has 44 heavy (non-hydrogen) atoms. The van der Waals surface area contributed by atoms with Crippen LogP contribution in [-0.4, -0.2) is 32.3 Å². The summed E-state index contributed by atoms with van der Waals surface area (Å²) in [5.41, 5.74) is 6.82. The Morgan fingerprint density at radius 1 is 0.932 bits per heavy atom.